The van der Waals surface area contributed by atoms with E-state index in [1.54, 1.807) is 13.3 Å². The minimum atomic E-state index is -0.0312. The van der Waals surface area contributed by atoms with Crippen molar-refractivity contribution in [1.82, 2.24) is 15.5 Å². The Morgan fingerprint density at radius 2 is 2.27 bits per heavy atom. The van der Waals surface area contributed by atoms with Gasteiger partial charge in [0.25, 0.3) is 0 Å². The zero-order chi connectivity index (χ0) is 15.4. The van der Waals surface area contributed by atoms with Gasteiger partial charge in [-0.25, -0.2) is 0 Å². The molecule has 0 bridgehead atoms. The summed E-state index contributed by atoms with van der Waals surface area (Å²) in [5.74, 6) is 0.815. The Bertz CT molecular complexity index is 630. The number of hydrogen-bond donors (Lipinski definition) is 2. The fourth-order valence-electron chi connectivity index (χ4n) is 2.52. The fraction of sp³-hybridized carbons (Fsp3) is 0.375. The van der Waals surface area contributed by atoms with Crippen LogP contribution in [-0.2, 0) is 16.1 Å². The molecule has 116 valence electrons. The number of nitrogens with zero attached hydrogens (tertiary/aromatic N) is 1. The predicted molar refractivity (Wildman–Crippen MR) is 81.3 cm³/mol. The predicted octanol–water partition coefficient (Wildman–Crippen LogP) is 1.74. The molecule has 0 spiro atoms. The van der Waals surface area contributed by atoms with Crippen LogP contribution < -0.4 is 10.1 Å². The van der Waals surface area contributed by atoms with Crippen LogP contribution in [0.2, 0.25) is 0 Å². The number of methoxy groups -OCH3 is 1. The molecule has 0 unspecified atom stereocenters. The quantitative estimate of drug-likeness (QED) is 0.882. The molecule has 1 aliphatic heterocycles. The Hall–Kier alpha value is -2.34. The molecular weight excluding hydrogens is 282 g/mol. The SMILES string of the molecule is COc1ccc(-c2[nH]ncc2CNC(=O)[C@@H]2CCOC2)cc1. The van der Waals surface area contributed by atoms with Crippen LogP contribution in [0.15, 0.2) is 30.5 Å². The lowest BCUT2D eigenvalue weighted by Crippen LogP contribution is -2.30. The minimum absolute atomic E-state index is 0.0312. The van der Waals surface area contributed by atoms with Gasteiger partial charge in [0.05, 0.1) is 31.5 Å². The van der Waals surface area contributed by atoms with Gasteiger partial charge in [-0.2, -0.15) is 5.10 Å². The van der Waals surface area contributed by atoms with Gasteiger partial charge >= 0.3 is 0 Å². The summed E-state index contributed by atoms with van der Waals surface area (Å²) in [5.41, 5.74) is 2.87. The number of rotatable bonds is 5. The van der Waals surface area contributed by atoms with E-state index in [-0.39, 0.29) is 11.8 Å². The Kier molecular flexibility index (Phi) is 4.39. The third-order valence-corrected chi connectivity index (χ3v) is 3.85. The summed E-state index contributed by atoms with van der Waals surface area (Å²) in [7, 11) is 1.64. The number of ether oxygens (including phenoxy) is 2. The summed E-state index contributed by atoms with van der Waals surface area (Å²) in [6.45, 7) is 1.64. The monoisotopic (exact) mass is 301 g/mol. The van der Waals surface area contributed by atoms with Gasteiger partial charge in [-0.3, -0.25) is 9.89 Å². The average Bonchev–Trinajstić information content (AvgIpc) is 3.24. The van der Waals surface area contributed by atoms with E-state index >= 15 is 0 Å². The summed E-state index contributed by atoms with van der Waals surface area (Å²) < 4.78 is 10.4. The largest absolute Gasteiger partial charge is 0.497 e. The van der Waals surface area contributed by atoms with Gasteiger partial charge in [0.2, 0.25) is 5.91 Å². The fourth-order valence-corrected chi connectivity index (χ4v) is 2.52. The van der Waals surface area contributed by atoms with Crippen LogP contribution in [0.3, 0.4) is 0 Å². The summed E-state index contributed by atoms with van der Waals surface area (Å²) in [6, 6.07) is 7.72. The van der Waals surface area contributed by atoms with Crippen molar-refractivity contribution in [3.63, 3.8) is 0 Å². The lowest BCUT2D eigenvalue weighted by molar-refractivity contribution is -0.125. The molecule has 1 aromatic carbocycles. The highest BCUT2D eigenvalue weighted by molar-refractivity contribution is 5.79. The number of amides is 1. The molecule has 2 N–H and O–H groups in total. The molecule has 1 saturated heterocycles. The Morgan fingerprint density at radius 1 is 1.45 bits per heavy atom. The Morgan fingerprint density at radius 3 is 2.95 bits per heavy atom. The number of nitrogens with one attached hydrogen (secondary N) is 2. The highest BCUT2D eigenvalue weighted by atomic mass is 16.5. The van der Waals surface area contributed by atoms with Crippen LogP contribution in [0.1, 0.15) is 12.0 Å². The molecule has 1 aliphatic rings. The molecule has 0 aliphatic carbocycles. The number of H-pyrrole nitrogens is 1. The van der Waals surface area contributed by atoms with Gasteiger partial charge < -0.3 is 14.8 Å². The van der Waals surface area contributed by atoms with E-state index in [9.17, 15) is 4.79 Å². The third-order valence-electron chi connectivity index (χ3n) is 3.85. The molecule has 2 heterocycles. The normalized spacial score (nSPS) is 17.4. The maximum absolute atomic E-state index is 12.0. The van der Waals surface area contributed by atoms with E-state index in [1.165, 1.54) is 0 Å². The number of carbonyl (C=O) groups is 1. The second-order valence-corrected chi connectivity index (χ2v) is 5.28. The molecule has 22 heavy (non-hydrogen) atoms. The van der Waals surface area contributed by atoms with Crippen molar-refractivity contribution in [2.24, 2.45) is 5.92 Å². The standard InChI is InChI=1S/C16H19N3O3/c1-21-14-4-2-11(3-5-14)15-13(9-18-19-15)8-17-16(20)12-6-7-22-10-12/h2-5,9,12H,6-8,10H2,1H3,(H,17,20)(H,18,19)/t12-/m1/s1. The van der Waals surface area contributed by atoms with Crippen LogP contribution in [-0.4, -0.2) is 36.4 Å². The second kappa shape index (κ2) is 6.62. The topological polar surface area (TPSA) is 76.2 Å². The highest BCUT2D eigenvalue weighted by Crippen LogP contribution is 2.23. The number of aromatic nitrogens is 2. The third kappa shape index (κ3) is 3.12. The lowest BCUT2D eigenvalue weighted by Gasteiger charge is -2.09. The Labute approximate surface area is 128 Å². The zero-order valence-electron chi connectivity index (χ0n) is 12.5. The van der Waals surface area contributed by atoms with E-state index < -0.39 is 0 Å². The van der Waals surface area contributed by atoms with Gasteiger partial charge in [-0.15, -0.1) is 0 Å². The van der Waals surface area contributed by atoms with Crippen molar-refractivity contribution in [3.05, 3.63) is 36.0 Å². The zero-order valence-corrected chi connectivity index (χ0v) is 12.5. The van der Waals surface area contributed by atoms with Crippen molar-refractivity contribution >= 4 is 5.91 Å². The molecule has 1 aromatic heterocycles. The van der Waals surface area contributed by atoms with E-state index in [0.29, 0.717) is 19.8 Å². The molecule has 0 radical (unpaired) electrons. The van der Waals surface area contributed by atoms with Gasteiger partial charge in [0.15, 0.2) is 0 Å². The van der Waals surface area contributed by atoms with Crippen LogP contribution in [0.25, 0.3) is 11.3 Å². The molecule has 1 amide bonds. The first-order valence-electron chi connectivity index (χ1n) is 7.30. The minimum Gasteiger partial charge on any atom is -0.497 e. The number of aromatic amines is 1. The van der Waals surface area contributed by atoms with E-state index in [1.807, 2.05) is 24.3 Å². The van der Waals surface area contributed by atoms with Crippen molar-refractivity contribution < 1.29 is 14.3 Å². The molecule has 1 atom stereocenters. The van der Waals surface area contributed by atoms with E-state index in [4.69, 9.17) is 9.47 Å². The highest BCUT2D eigenvalue weighted by Gasteiger charge is 2.23. The van der Waals surface area contributed by atoms with Gasteiger partial charge in [-0.1, -0.05) is 0 Å². The molecular formula is C16H19N3O3. The first kappa shape index (κ1) is 14.6. The van der Waals surface area contributed by atoms with Crippen LogP contribution in [0, 0.1) is 5.92 Å². The van der Waals surface area contributed by atoms with Crippen molar-refractivity contribution in [1.29, 1.82) is 0 Å². The molecule has 3 rings (SSSR count). The van der Waals surface area contributed by atoms with Gasteiger partial charge in [-0.05, 0) is 30.7 Å². The van der Waals surface area contributed by atoms with E-state index in [0.717, 1.165) is 29.0 Å². The molecule has 6 nitrogen and oxygen atoms in total. The van der Waals surface area contributed by atoms with E-state index in [2.05, 4.69) is 15.5 Å². The lowest BCUT2D eigenvalue weighted by atomic mass is 10.1. The number of carbonyl (C=O) groups excluding carboxylic acids is 1. The second-order valence-electron chi connectivity index (χ2n) is 5.28. The van der Waals surface area contributed by atoms with Crippen LogP contribution in [0.4, 0.5) is 0 Å². The summed E-state index contributed by atoms with van der Waals surface area (Å²) in [6.07, 6.45) is 2.54. The number of hydrogen-bond acceptors (Lipinski definition) is 4. The maximum Gasteiger partial charge on any atom is 0.225 e. The van der Waals surface area contributed by atoms with Crippen LogP contribution in [0.5, 0.6) is 5.75 Å². The molecule has 0 saturated carbocycles. The summed E-state index contributed by atoms with van der Waals surface area (Å²) in [4.78, 5) is 12.0. The summed E-state index contributed by atoms with van der Waals surface area (Å²) in [5, 5.41) is 10.0. The first-order chi connectivity index (χ1) is 10.8. The van der Waals surface area contributed by atoms with Crippen molar-refractivity contribution in [2.45, 2.75) is 13.0 Å². The Balaban J connectivity index is 1.67. The molecule has 1 fully saturated rings. The number of benzene rings is 1. The van der Waals surface area contributed by atoms with Gasteiger partial charge in [0, 0.05) is 24.3 Å². The van der Waals surface area contributed by atoms with Gasteiger partial charge in [0.1, 0.15) is 5.75 Å². The molecule has 2 aromatic rings. The average molecular weight is 301 g/mol. The smallest absolute Gasteiger partial charge is 0.225 e. The maximum atomic E-state index is 12.0. The molecule has 6 heteroatoms. The van der Waals surface area contributed by atoms with Crippen molar-refractivity contribution in [2.75, 3.05) is 20.3 Å². The summed E-state index contributed by atoms with van der Waals surface area (Å²) >= 11 is 0. The van der Waals surface area contributed by atoms with Crippen molar-refractivity contribution in [3.8, 4) is 17.0 Å². The first-order valence-corrected chi connectivity index (χ1v) is 7.30. The van der Waals surface area contributed by atoms with Crippen LogP contribution >= 0.6 is 0 Å².